The second-order valence-corrected chi connectivity index (χ2v) is 3.41. The average Bonchev–Trinajstić information content (AvgIpc) is 2.26. The molecule has 0 atom stereocenters. The molecule has 0 unspecified atom stereocenters. The first-order valence-electron chi connectivity index (χ1n) is 4.56. The van der Waals surface area contributed by atoms with Crippen molar-refractivity contribution in [1.82, 2.24) is 0 Å². The van der Waals surface area contributed by atoms with Gasteiger partial charge < -0.3 is 9.47 Å². The van der Waals surface area contributed by atoms with Crippen LogP contribution in [0.3, 0.4) is 0 Å². The number of rotatable bonds is 4. The van der Waals surface area contributed by atoms with Gasteiger partial charge in [0.25, 0.3) is 0 Å². The van der Waals surface area contributed by atoms with E-state index >= 15 is 0 Å². The van der Waals surface area contributed by atoms with Gasteiger partial charge in [0.1, 0.15) is 17.9 Å². The molecule has 0 heterocycles. The van der Waals surface area contributed by atoms with Gasteiger partial charge in [0.15, 0.2) is 0 Å². The summed E-state index contributed by atoms with van der Waals surface area (Å²) in [5.41, 5.74) is 1.41. The first-order chi connectivity index (χ1) is 7.19. The molecule has 0 saturated heterocycles. The van der Waals surface area contributed by atoms with Crippen LogP contribution in [0, 0.1) is 6.92 Å². The fourth-order valence-electron chi connectivity index (χ4n) is 1.19. The Balaban J connectivity index is 2.97. The van der Waals surface area contributed by atoms with Gasteiger partial charge in [-0.05, 0) is 19.1 Å². The number of hydrogen-bond donors (Lipinski definition) is 0. The zero-order chi connectivity index (χ0) is 11.3. The lowest BCUT2D eigenvalue weighted by Gasteiger charge is -2.09. The molecule has 0 N–H and O–H groups in total. The van der Waals surface area contributed by atoms with E-state index in [9.17, 15) is 4.79 Å². The van der Waals surface area contributed by atoms with Crippen molar-refractivity contribution in [2.75, 3.05) is 19.6 Å². The summed E-state index contributed by atoms with van der Waals surface area (Å²) in [6.07, 6.45) is 0. The maximum absolute atomic E-state index is 11.4. The molecule has 0 fully saturated rings. The lowest BCUT2D eigenvalue weighted by molar-refractivity contribution is 0.0596. The molecule has 0 spiro atoms. The molecule has 0 aliphatic heterocycles. The molecule has 0 saturated carbocycles. The highest BCUT2D eigenvalue weighted by atomic mass is 35.5. The van der Waals surface area contributed by atoms with Gasteiger partial charge in [-0.2, -0.15) is 0 Å². The van der Waals surface area contributed by atoms with Gasteiger partial charge in [-0.3, -0.25) is 0 Å². The molecule has 1 aromatic rings. The Kier molecular flexibility index (Phi) is 4.43. The highest BCUT2D eigenvalue weighted by Crippen LogP contribution is 2.20. The number of benzene rings is 1. The van der Waals surface area contributed by atoms with Crippen molar-refractivity contribution < 1.29 is 14.3 Å². The number of carbonyl (C=O) groups excluding carboxylic acids is 1. The van der Waals surface area contributed by atoms with E-state index in [2.05, 4.69) is 4.74 Å². The van der Waals surface area contributed by atoms with Crippen molar-refractivity contribution in [3.8, 4) is 5.75 Å². The van der Waals surface area contributed by atoms with E-state index in [-0.39, 0.29) is 0 Å². The van der Waals surface area contributed by atoms with Gasteiger partial charge in [0.2, 0.25) is 0 Å². The smallest absolute Gasteiger partial charge is 0.341 e. The Morgan fingerprint density at radius 2 is 2.20 bits per heavy atom. The summed E-state index contributed by atoms with van der Waals surface area (Å²) in [7, 11) is 1.34. The largest absolute Gasteiger partial charge is 0.491 e. The number of halogens is 1. The summed E-state index contributed by atoms with van der Waals surface area (Å²) in [5.74, 6) is 0.491. The summed E-state index contributed by atoms with van der Waals surface area (Å²) in [5, 5.41) is 0. The van der Waals surface area contributed by atoms with Crippen LogP contribution in [0.1, 0.15) is 15.9 Å². The molecule has 1 rings (SSSR count). The second kappa shape index (κ2) is 5.61. The Hall–Kier alpha value is -1.22. The van der Waals surface area contributed by atoms with Crippen molar-refractivity contribution in [2.24, 2.45) is 0 Å². The van der Waals surface area contributed by atoms with Crippen LogP contribution in [-0.4, -0.2) is 25.6 Å². The van der Waals surface area contributed by atoms with Gasteiger partial charge in [0.05, 0.1) is 13.0 Å². The normalized spacial score (nSPS) is 9.80. The van der Waals surface area contributed by atoms with Gasteiger partial charge >= 0.3 is 5.97 Å². The van der Waals surface area contributed by atoms with E-state index in [4.69, 9.17) is 16.3 Å². The minimum absolute atomic E-state index is 0.370. The number of esters is 1. The lowest BCUT2D eigenvalue weighted by atomic mass is 10.1. The van der Waals surface area contributed by atoms with Crippen molar-refractivity contribution in [3.63, 3.8) is 0 Å². The van der Waals surface area contributed by atoms with Crippen LogP contribution in [0.4, 0.5) is 0 Å². The van der Waals surface area contributed by atoms with Crippen LogP contribution in [0.5, 0.6) is 5.75 Å². The van der Waals surface area contributed by atoms with E-state index in [1.54, 1.807) is 12.1 Å². The predicted molar refractivity (Wildman–Crippen MR) is 58.7 cm³/mol. The van der Waals surface area contributed by atoms with Crippen molar-refractivity contribution in [2.45, 2.75) is 6.92 Å². The fraction of sp³-hybridized carbons (Fsp3) is 0.364. The molecular formula is C11H13ClO3. The van der Waals surface area contributed by atoms with Crippen LogP contribution < -0.4 is 4.74 Å². The molecule has 0 amide bonds. The Morgan fingerprint density at radius 1 is 1.47 bits per heavy atom. The molecule has 15 heavy (non-hydrogen) atoms. The topological polar surface area (TPSA) is 35.5 Å². The molecule has 1 aromatic carbocycles. The lowest BCUT2D eigenvalue weighted by Crippen LogP contribution is -2.07. The van der Waals surface area contributed by atoms with Gasteiger partial charge in [-0.15, -0.1) is 11.6 Å². The molecule has 0 bridgehead atoms. The minimum Gasteiger partial charge on any atom is -0.491 e. The van der Waals surface area contributed by atoms with Gasteiger partial charge in [-0.1, -0.05) is 11.6 Å². The third kappa shape index (κ3) is 3.13. The van der Waals surface area contributed by atoms with Gasteiger partial charge in [0, 0.05) is 0 Å². The monoisotopic (exact) mass is 228 g/mol. The minimum atomic E-state index is -0.400. The number of ether oxygens (including phenoxy) is 2. The number of aryl methyl sites for hydroxylation is 1. The van der Waals surface area contributed by atoms with Crippen LogP contribution in [0.2, 0.25) is 0 Å². The van der Waals surface area contributed by atoms with Crippen LogP contribution in [0.15, 0.2) is 18.2 Å². The molecule has 0 radical (unpaired) electrons. The summed E-state index contributed by atoms with van der Waals surface area (Å²) in [6, 6.07) is 5.35. The number of alkyl halides is 1. The zero-order valence-corrected chi connectivity index (χ0v) is 9.50. The fourth-order valence-corrected chi connectivity index (χ4v) is 1.26. The summed E-state index contributed by atoms with van der Waals surface area (Å²) < 4.78 is 9.99. The Labute approximate surface area is 93.9 Å². The Bertz CT molecular complexity index is 350. The summed E-state index contributed by atoms with van der Waals surface area (Å²) in [4.78, 5) is 11.4. The first kappa shape index (κ1) is 11.9. The maximum atomic E-state index is 11.4. The molecule has 82 valence electrons. The van der Waals surface area contributed by atoms with E-state index in [0.29, 0.717) is 23.8 Å². The third-order valence-electron chi connectivity index (χ3n) is 1.88. The molecule has 0 aliphatic rings. The van der Waals surface area contributed by atoms with E-state index in [0.717, 1.165) is 5.56 Å². The van der Waals surface area contributed by atoms with E-state index in [1.807, 2.05) is 13.0 Å². The Morgan fingerprint density at radius 3 is 2.80 bits per heavy atom. The highest BCUT2D eigenvalue weighted by molar-refractivity contribution is 6.18. The summed E-state index contributed by atoms with van der Waals surface area (Å²) >= 11 is 5.51. The van der Waals surface area contributed by atoms with E-state index in [1.165, 1.54) is 7.11 Å². The summed E-state index contributed by atoms with van der Waals surface area (Å²) in [6.45, 7) is 2.27. The molecular weight excluding hydrogens is 216 g/mol. The number of carbonyl (C=O) groups is 1. The molecule has 0 aliphatic carbocycles. The number of methoxy groups -OCH3 is 1. The van der Waals surface area contributed by atoms with E-state index < -0.39 is 5.97 Å². The average molecular weight is 229 g/mol. The molecule has 4 heteroatoms. The van der Waals surface area contributed by atoms with Crippen molar-refractivity contribution in [3.05, 3.63) is 29.3 Å². The third-order valence-corrected chi connectivity index (χ3v) is 2.03. The SMILES string of the molecule is COC(=O)c1cc(C)ccc1OCCCl. The maximum Gasteiger partial charge on any atom is 0.341 e. The first-order valence-corrected chi connectivity index (χ1v) is 5.10. The zero-order valence-electron chi connectivity index (χ0n) is 8.75. The van der Waals surface area contributed by atoms with Crippen LogP contribution in [-0.2, 0) is 4.74 Å². The van der Waals surface area contributed by atoms with Gasteiger partial charge in [-0.25, -0.2) is 4.79 Å². The number of hydrogen-bond acceptors (Lipinski definition) is 3. The highest BCUT2D eigenvalue weighted by Gasteiger charge is 2.12. The standard InChI is InChI=1S/C11H13ClO3/c1-8-3-4-10(15-6-5-12)9(7-8)11(13)14-2/h3-4,7H,5-6H2,1-2H3. The van der Waals surface area contributed by atoms with Crippen molar-refractivity contribution in [1.29, 1.82) is 0 Å². The molecule has 3 nitrogen and oxygen atoms in total. The second-order valence-electron chi connectivity index (χ2n) is 3.03. The van der Waals surface area contributed by atoms with Crippen LogP contribution in [0.25, 0.3) is 0 Å². The van der Waals surface area contributed by atoms with Crippen LogP contribution >= 0.6 is 11.6 Å². The predicted octanol–water partition coefficient (Wildman–Crippen LogP) is 2.40. The quantitative estimate of drug-likeness (QED) is 0.587. The van der Waals surface area contributed by atoms with Crippen molar-refractivity contribution >= 4 is 17.6 Å². The molecule has 0 aromatic heterocycles.